The molecule has 2 saturated heterocycles. The van der Waals surface area contributed by atoms with Gasteiger partial charge in [-0.15, -0.1) is 0 Å². The molecule has 0 aromatic rings. The molecule has 2 heterocycles. The zero-order chi connectivity index (χ0) is 13.1. The van der Waals surface area contributed by atoms with Gasteiger partial charge in [-0.1, -0.05) is 13.8 Å². The Labute approximate surface area is 109 Å². The molecule has 4 nitrogen and oxygen atoms in total. The predicted octanol–water partition coefficient (Wildman–Crippen LogP) is 1.85. The Bertz CT molecular complexity index is 344. The van der Waals surface area contributed by atoms with Crippen LogP contribution in [0, 0.1) is 5.41 Å². The average molecular weight is 256 g/mol. The zero-order valence-electron chi connectivity index (χ0n) is 11.6. The Kier molecular flexibility index (Phi) is 2.63. The predicted molar refractivity (Wildman–Crippen MR) is 66.2 cm³/mol. The standard InChI is InChI=1S/C14H24O4/c1-11(2)10-13(12(3,15)6-7-16-13)4-5-14(11)17-8-9-18-14/h15H,4-10H2,1-3H3. The fraction of sp³-hybridized carbons (Fsp3) is 1.00. The van der Waals surface area contributed by atoms with Gasteiger partial charge in [-0.2, -0.15) is 0 Å². The van der Waals surface area contributed by atoms with Crippen molar-refractivity contribution in [1.82, 2.24) is 0 Å². The lowest BCUT2D eigenvalue weighted by molar-refractivity contribution is -0.286. The van der Waals surface area contributed by atoms with Gasteiger partial charge in [0.2, 0.25) is 0 Å². The third kappa shape index (κ3) is 1.52. The van der Waals surface area contributed by atoms with Crippen molar-refractivity contribution in [3.8, 4) is 0 Å². The van der Waals surface area contributed by atoms with E-state index < -0.39 is 17.0 Å². The van der Waals surface area contributed by atoms with Crippen molar-refractivity contribution in [1.29, 1.82) is 0 Å². The molecule has 0 amide bonds. The third-order valence-electron chi connectivity index (χ3n) is 5.32. The summed E-state index contributed by atoms with van der Waals surface area (Å²) < 4.78 is 17.8. The van der Waals surface area contributed by atoms with Crippen LogP contribution in [0.15, 0.2) is 0 Å². The first kappa shape index (κ1) is 12.9. The van der Waals surface area contributed by atoms with E-state index >= 15 is 0 Å². The van der Waals surface area contributed by atoms with Gasteiger partial charge in [-0.25, -0.2) is 0 Å². The molecule has 1 N–H and O–H groups in total. The summed E-state index contributed by atoms with van der Waals surface area (Å²) in [5.41, 5.74) is -1.29. The van der Waals surface area contributed by atoms with Crippen molar-refractivity contribution in [3.63, 3.8) is 0 Å². The Morgan fingerprint density at radius 3 is 2.00 bits per heavy atom. The molecule has 2 spiro atoms. The molecule has 3 aliphatic rings. The molecular weight excluding hydrogens is 232 g/mol. The third-order valence-corrected chi connectivity index (χ3v) is 5.32. The Morgan fingerprint density at radius 1 is 0.833 bits per heavy atom. The summed E-state index contributed by atoms with van der Waals surface area (Å²) in [7, 11) is 0. The summed E-state index contributed by atoms with van der Waals surface area (Å²) in [5, 5.41) is 10.6. The minimum atomic E-state index is -0.732. The van der Waals surface area contributed by atoms with Gasteiger partial charge < -0.3 is 19.3 Å². The minimum absolute atomic E-state index is 0.143. The quantitative estimate of drug-likeness (QED) is 0.718. The van der Waals surface area contributed by atoms with Gasteiger partial charge in [-0.05, 0) is 19.8 Å². The zero-order valence-corrected chi connectivity index (χ0v) is 11.6. The molecule has 18 heavy (non-hydrogen) atoms. The molecule has 1 saturated carbocycles. The average Bonchev–Trinajstić information content (AvgIpc) is 2.82. The van der Waals surface area contributed by atoms with Crippen molar-refractivity contribution in [2.24, 2.45) is 5.41 Å². The fourth-order valence-corrected chi connectivity index (χ4v) is 4.04. The first-order chi connectivity index (χ1) is 8.33. The SMILES string of the molecule is CC1(C)CC2(CCC13OCCO3)OCCC2(C)O. The monoisotopic (exact) mass is 256 g/mol. The van der Waals surface area contributed by atoms with Gasteiger partial charge in [0, 0.05) is 18.3 Å². The molecule has 2 aliphatic heterocycles. The van der Waals surface area contributed by atoms with E-state index in [1.807, 2.05) is 6.92 Å². The van der Waals surface area contributed by atoms with Gasteiger partial charge in [0.15, 0.2) is 5.79 Å². The second-order valence-corrected chi connectivity index (χ2v) is 6.88. The molecule has 0 aromatic carbocycles. The van der Waals surface area contributed by atoms with E-state index in [4.69, 9.17) is 14.2 Å². The van der Waals surface area contributed by atoms with Crippen molar-refractivity contribution in [3.05, 3.63) is 0 Å². The highest BCUT2D eigenvalue weighted by molar-refractivity contribution is 5.11. The van der Waals surface area contributed by atoms with E-state index in [2.05, 4.69) is 13.8 Å². The molecule has 0 radical (unpaired) electrons. The highest BCUT2D eigenvalue weighted by Gasteiger charge is 2.64. The number of rotatable bonds is 0. The Hall–Kier alpha value is -0.160. The van der Waals surface area contributed by atoms with Gasteiger partial charge >= 0.3 is 0 Å². The van der Waals surface area contributed by atoms with Gasteiger partial charge in [0.05, 0.1) is 31.0 Å². The number of ether oxygens (including phenoxy) is 3. The molecule has 4 heteroatoms. The smallest absolute Gasteiger partial charge is 0.173 e. The summed E-state index contributed by atoms with van der Waals surface area (Å²) >= 11 is 0. The number of hydrogen-bond donors (Lipinski definition) is 1. The molecule has 0 aromatic heterocycles. The van der Waals surface area contributed by atoms with E-state index in [1.165, 1.54) is 0 Å². The molecule has 1 aliphatic carbocycles. The van der Waals surface area contributed by atoms with E-state index in [-0.39, 0.29) is 5.41 Å². The van der Waals surface area contributed by atoms with Crippen LogP contribution in [-0.2, 0) is 14.2 Å². The Morgan fingerprint density at radius 2 is 1.50 bits per heavy atom. The van der Waals surface area contributed by atoms with Crippen molar-refractivity contribution in [2.45, 2.75) is 63.4 Å². The summed E-state index contributed by atoms with van der Waals surface area (Å²) in [5.74, 6) is -0.472. The summed E-state index contributed by atoms with van der Waals surface area (Å²) in [6.45, 7) is 8.23. The number of hydrogen-bond acceptors (Lipinski definition) is 4. The van der Waals surface area contributed by atoms with Crippen LogP contribution in [0.5, 0.6) is 0 Å². The lowest BCUT2D eigenvalue weighted by Crippen LogP contribution is -2.61. The maximum absolute atomic E-state index is 10.6. The molecule has 3 fully saturated rings. The van der Waals surface area contributed by atoms with Crippen LogP contribution < -0.4 is 0 Å². The summed E-state index contributed by atoms with van der Waals surface area (Å²) in [6.07, 6.45) is 3.12. The Balaban J connectivity index is 1.89. The van der Waals surface area contributed by atoms with E-state index in [0.717, 1.165) is 25.7 Å². The van der Waals surface area contributed by atoms with E-state index in [1.54, 1.807) is 0 Å². The largest absolute Gasteiger partial charge is 0.387 e. The van der Waals surface area contributed by atoms with E-state index in [0.29, 0.717) is 19.8 Å². The van der Waals surface area contributed by atoms with Crippen LogP contribution in [0.25, 0.3) is 0 Å². The lowest BCUT2D eigenvalue weighted by atomic mass is 9.61. The van der Waals surface area contributed by atoms with Crippen LogP contribution in [0.1, 0.15) is 46.5 Å². The van der Waals surface area contributed by atoms with Crippen LogP contribution >= 0.6 is 0 Å². The molecule has 104 valence electrons. The van der Waals surface area contributed by atoms with Crippen LogP contribution in [0.3, 0.4) is 0 Å². The molecule has 2 atom stereocenters. The molecular formula is C14H24O4. The normalized spacial score (nSPS) is 46.0. The fourth-order valence-electron chi connectivity index (χ4n) is 4.04. The number of aliphatic hydroxyl groups is 1. The first-order valence-electron chi connectivity index (χ1n) is 6.97. The second-order valence-electron chi connectivity index (χ2n) is 6.88. The van der Waals surface area contributed by atoms with Gasteiger partial charge in [0.1, 0.15) is 0 Å². The van der Waals surface area contributed by atoms with Crippen molar-refractivity contribution in [2.75, 3.05) is 19.8 Å². The summed E-state index contributed by atoms with van der Waals surface area (Å²) in [4.78, 5) is 0. The van der Waals surface area contributed by atoms with Crippen molar-refractivity contribution < 1.29 is 19.3 Å². The lowest BCUT2D eigenvalue weighted by Gasteiger charge is -2.54. The molecule has 0 bridgehead atoms. The molecule has 2 unspecified atom stereocenters. The maximum Gasteiger partial charge on any atom is 0.173 e. The highest BCUT2D eigenvalue weighted by Crippen LogP contribution is 2.57. The maximum atomic E-state index is 10.6. The summed E-state index contributed by atoms with van der Waals surface area (Å²) in [6, 6.07) is 0. The van der Waals surface area contributed by atoms with E-state index in [9.17, 15) is 5.11 Å². The second kappa shape index (κ2) is 3.69. The van der Waals surface area contributed by atoms with Gasteiger partial charge in [0.25, 0.3) is 0 Å². The van der Waals surface area contributed by atoms with Crippen molar-refractivity contribution >= 4 is 0 Å². The van der Waals surface area contributed by atoms with Crippen LogP contribution in [0.4, 0.5) is 0 Å². The topological polar surface area (TPSA) is 47.9 Å². The molecule has 3 rings (SSSR count). The minimum Gasteiger partial charge on any atom is -0.387 e. The highest BCUT2D eigenvalue weighted by atomic mass is 16.7. The van der Waals surface area contributed by atoms with Crippen LogP contribution in [0.2, 0.25) is 0 Å². The van der Waals surface area contributed by atoms with Crippen LogP contribution in [-0.4, -0.2) is 41.9 Å². The van der Waals surface area contributed by atoms with Gasteiger partial charge in [-0.3, -0.25) is 0 Å². The first-order valence-corrected chi connectivity index (χ1v) is 6.97.